The number of ketones is 1. The fourth-order valence-corrected chi connectivity index (χ4v) is 3.48. The molecule has 7 nitrogen and oxygen atoms in total. The van der Waals surface area contributed by atoms with Crippen LogP contribution in [0.15, 0.2) is 48.0 Å². The highest BCUT2D eigenvalue weighted by Crippen LogP contribution is 2.40. The highest BCUT2D eigenvalue weighted by Gasteiger charge is 2.45. The molecule has 7 heteroatoms. The number of hydrogen-bond donors (Lipinski definition) is 2. The Kier molecular flexibility index (Phi) is 5.89. The molecule has 29 heavy (non-hydrogen) atoms. The van der Waals surface area contributed by atoms with Crippen LogP contribution in [0.4, 0.5) is 0 Å². The summed E-state index contributed by atoms with van der Waals surface area (Å²) in [6, 6.07) is 10.4. The van der Waals surface area contributed by atoms with Crippen molar-refractivity contribution in [1.82, 2.24) is 4.90 Å². The Hall–Kier alpha value is -3.32. The molecule has 0 aliphatic carbocycles. The summed E-state index contributed by atoms with van der Waals surface area (Å²) in [7, 11) is 3.06. The number of methoxy groups -OCH3 is 2. The third-order valence-electron chi connectivity index (χ3n) is 4.95. The summed E-state index contributed by atoms with van der Waals surface area (Å²) in [5.41, 5.74) is 1.80. The number of likely N-dealkylation sites (tertiary alicyclic amines) is 1. The smallest absolute Gasteiger partial charge is 0.295 e. The molecule has 2 aromatic rings. The van der Waals surface area contributed by atoms with Crippen molar-refractivity contribution in [3.63, 3.8) is 0 Å². The Morgan fingerprint density at radius 1 is 1.10 bits per heavy atom. The number of nitrogens with zero attached hydrogens (tertiary/aromatic N) is 1. The van der Waals surface area contributed by atoms with Crippen molar-refractivity contribution in [3.8, 4) is 11.5 Å². The Balaban J connectivity index is 2.15. The van der Waals surface area contributed by atoms with Gasteiger partial charge in [0, 0.05) is 19.2 Å². The van der Waals surface area contributed by atoms with E-state index < -0.39 is 17.7 Å². The topological polar surface area (TPSA) is 96.3 Å². The van der Waals surface area contributed by atoms with Crippen LogP contribution in [-0.2, 0) is 14.3 Å². The fourth-order valence-electron chi connectivity index (χ4n) is 3.48. The average Bonchev–Trinajstić information content (AvgIpc) is 2.96. The van der Waals surface area contributed by atoms with E-state index in [1.165, 1.54) is 24.1 Å². The van der Waals surface area contributed by atoms with Crippen molar-refractivity contribution >= 4 is 17.4 Å². The zero-order valence-corrected chi connectivity index (χ0v) is 16.5. The van der Waals surface area contributed by atoms with Gasteiger partial charge in [0.1, 0.15) is 17.3 Å². The Bertz CT molecular complexity index is 964. The number of aromatic hydroxyl groups is 1. The minimum Gasteiger partial charge on any atom is -0.508 e. The summed E-state index contributed by atoms with van der Waals surface area (Å²) >= 11 is 0. The Labute approximate surface area is 168 Å². The number of rotatable bonds is 6. The van der Waals surface area contributed by atoms with E-state index in [9.17, 15) is 19.8 Å². The molecule has 1 saturated heterocycles. The molecule has 1 aliphatic heterocycles. The van der Waals surface area contributed by atoms with Gasteiger partial charge in [0.15, 0.2) is 0 Å². The molecule has 1 atom stereocenters. The van der Waals surface area contributed by atoms with Crippen LogP contribution in [0.5, 0.6) is 11.5 Å². The summed E-state index contributed by atoms with van der Waals surface area (Å²) in [5.74, 6) is -1.00. The van der Waals surface area contributed by atoms with Crippen molar-refractivity contribution in [2.24, 2.45) is 0 Å². The predicted molar refractivity (Wildman–Crippen MR) is 107 cm³/mol. The largest absolute Gasteiger partial charge is 0.508 e. The number of hydrogen-bond acceptors (Lipinski definition) is 6. The highest BCUT2D eigenvalue weighted by molar-refractivity contribution is 6.46. The van der Waals surface area contributed by atoms with Gasteiger partial charge in [0.25, 0.3) is 11.7 Å². The Morgan fingerprint density at radius 2 is 1.79 bits per heavy atom. The van der Waals surface area contributed by atoms with Gasteiger partial charge in [-0.1, -0.05) is 12.1 Å². The Morgan fingerprint density at radius 3 is 2.38 bits per heavy atom. The van der Waals surface area contributed by atoms with Crippen LogP contribution in [0, 0.1) is 6.92 Å². The summed E-state index contributed by atoms with van der Waals surface area (Å²) in [4.78, 5) is 26.9. The normalized spacial score (nSPS) is 18.3. The van der Waals surface area contributed by atoms with E-state index in [1.54, 1.807) is 37.4 Å². The second kappa shape index (κ2) is 8.36. The van der Waals surface area contributed by atoms with E-state index in [1.807, 2.05) is 6.92 Å². The average molecular weight is 397 g/mol. The van der Waals surface area contributed by atoms with Gasteiger partial charge < -0.3 is 24.6 Å². The summed E-state index contributed by atoms with van der Waals surface area (Å²) < 4.78 is 10.3. The molecule has 1 aliphatic rings. The molecule has 1 heterocycles. The van der Waals surface area contributed by atoms with Gasteiger partial charge in [-0.3, -0.25) is 9.59 Å². The number of phenols is 1. The van der Waals surface area contributed by atoms with Crippen LogP contribution in [0.1, 0.15) is 22.7 Å². The third kappa shape index (κ3) is 3.82. The molecule has 1 amide bonds. The fraction of sp³-hybridized carbons (Fsp3) is 0.273. The quantitative estimate of drug-likeness (QED) is 0.442. The van der Waals surface area contributed by atoms with Crippen LogP contribution >= 0.6 is 0 Å². The number of phenolic OH excluding ortho intramolecular Hbond substituents is 1. The van der Waals surface area contributed by atoms with E-state index in [-0.39, 0.29) is 30.2 Å². The van der Waals surface area contributed by atoms with Gasteiger partial charge >= 0.3 is 0 Å². The van der Waals surface area contributed by atoms with Crippen molar-refractivity contribution in [3.05, 3.63) is 64.7 Å². The monoisotopic (exact) mass is 397 g/mol. The number of aryl methyl sites for hydroxylation is 1. The van der Waals surface area contributed by atoms with Crippen LogP contribution in [0.25, 0.3) is 5.76 Å². The molecule has 3 rings (SSSR count). The summed E-state index contributed by atoms with van der Waals surface area (Å²) in [6.45, 7) is 2.25. The number of carbonyl (C=O) groups excluding carboxylic acids is 2. The van der Waals surface area contributed by atoms with Crippen LogP contribution in [0.3, 0.4) is 0 Å². The van der Waals surface area contributed by atoms with Gasteiger partial charge in [0.05, 0.1) is 25.3 Å². The molecule has 2 aromatic carbocycles. The number of ether oxygens (including phenoxy) is 2. The van der Waals surface area contributed by atoms with E-state index >= 15 is 0 Å². The van der Waals surface area contributed by atoms with Gasteiger partial charge in [-0.25, -0.2) is 0 Å². The molecule has 0 unspecified atom stereocenters. The SMILES string of the molecule is COCCN1C(=O)C(=O)C(=C(O)c2ccc(OC)c(C)c2)[C@@H]1c1ccc(O)cc1. The number of Topliss-reactive ketones (excluding diaryl/α,β-unsaturated/α-hetero) is 1. The first-order valence-electron chi connectivity index (χ1n) is 9.10. The first-order chi connectivity index (χ1) is 13.9. The number of aliphatic hydroxyl groups excluding tert-OH is 1. The lowest BCUT2D eigenvalue weighted by Crippen LogP contribution is -2.32. The van der Waals surface area contributed by atoms with E-state index in [0.29, 0.717) is 16.9 Å². The van der Waals surface area contributed by atoms with Gasteiger partial charge in [0.2, 0.25) is 0 Å². The summed E-state index contributed by atoms with van der Waals surface area (Å²) in [5, 5.41) is 20.6. The van der Waals surface area contributed by atoms with Crippen molar-refractivity contribution in [2.75, 3.05) is 27.4 Å². The van der Waals surface area contributed by atoms with E-state index in [0.717, 1.165) is 5.56 Å². The molecular formula is C22H23NO6. The van der Waals surface area contributed by atoms with Crippen LogP contribution in [0.2, 0.25) is 0 Å². The molecule has 0 radical (unpaired) electrons. The number of carbonyl (C=O) groups is 2. The van der Waals surface area contributed by atoms with E-state index in [4.69, 9.17) is 9.47 Å². The van der Waals surface area contributed by atoms with Crippen molar-refractivity contribution < 1.29 is 29.3 Å². The second-order valence-electron chi connectivity index (χ2n) is 6.76. The van der Waals surface area contributed by atoms with E-state index in [2.05, 4.69) is 0 Å². The molecule has 0 saturated carbocycles. The highest BCUT2D eigenvalue weighted by atomic mass is 16.5. The zero-order chi connectivity index (χ0) is 21.1. The molecule has 1 fully saturated rings. The molecule has 0 aromatic heterocycles. The first-order valence-corrected chi connectivity index (χ1v) is 9.10. The lowest BCUT2D eigenvalue weighted by Gasteiger charge is -2.25. The number of amides is 1. The molecular weight excluding hydrogens is 374 g/mol. The summed E-state index contributed by atoms with van der Waals surface area (Å²) in [6.07, 6.45) is 0. The van der Waals surface area contributed by atoms with Gasteiger partial charge in [-0.05, 0) is 48.4 Å². The molecule has 0 spiro atoms. The lowest BCUT2D eigenvalue weighted by atomic mass is 9.94. The van der Waals surface area contributed by atoms with Crippen LogP contribution in [-0.4, -0.2) is 54.2 Å². The third-order valence-corrected chi connectivity index (χ3v) is 4.95. The molecule has 152 valence electrons. The molecule has 0 bridgehead atoms. The maximum absolute atomic E-state index is 12.8. The van der Waals surface area contributed by atoms with Gasteiger partial charge in [-0.2, -0.15) is 0 Å². The maximum atomic E-state index is 12.8. The number of aliphatic hydroxyl groups is 1. The first kappa shape index (κ1) is 20.4. The maximum Gasteiger partial charge on any atom is 0.295 e. The standard InChI is InChI=1S/C22H23NO6/c1-13-12-15(6-9-17(13)29-3)20(25)18-19(14-4-7-16(24)8-5-14)23(10-11-28-2)22(27)21(18)26/h4-9,12,19,24-25H,10-11H2,1-3H3/t19-/m0/s1. The van der Waals surface area contributed by atoms with Crippen LogP contribution < -0.4 is 4.74 Å². The lowest BCUT2D eigenvalue weighted by molar-refractivity contribution is -0.140. The predicted octanol–water partition coefficient (Wildman–Crippen LogP) is 2.78. The minimum absolute atomic E-state index is 0.00126. The van der Waals surface area contributed by atoms with Gasteiger partial charge in [-0.15, -0.1) is 0 Å². The second-order valence-corrected chi connectivity index (χ2v) is 6.76. The minimum atomic E-state index is -0.784. The van der Waals surface area contributed by atoms with Crippen molar-refractivity contribution in [2.45, 2.75) is 13.0 Å². The zero-order valence-electron chi connectivity index (χ0n) is 16.5. The van der Waals surface area contributed by atoms with Crippen molar-refractivity contribution in [1.29, 1.82) is 0 Å². The molecule has 2 N–H and O–H groups in total. The number of benzene rings is 2.